The first-order chi connectivity index (χ1) is 8.24. The first-order valence-corrected chi connectivity index (χ1v) is 8.17. The van der Waals surface area contributed by atoms with E-state index in [-0.39, 0.29) is 5.82 Å². The van der Waals surface area contributed by atoms with Crippen molar-refractivity contribution >= 4 is 35.1 Å². The maximum absolute atomic E-state index is 13.1. The highest BCUT2D eigenvalue weighted by atomic mass is 35.5. The van der Waals surface area contributed by atoms with Crippen molar-refractivity contribution < 1.29 is 4.39 Å². The molecule has 1 aliphatic rings. The summed E-state index contributed by atoms with van der Waals surface area (Å²) in [4.78, 5) is 0. The number of thioether (sulfide) groups is 2. The minimum atomic E-state index is -0.267. The Kier molecular flexibility index (Phi) is 5.48. The molecule has 0 spiro atoms. The SMILES string of the molecule is Fc1cc(Cl)cc(CNCC2CSCCS2)c1. The number of hydrogen-bond donors (Lipinski definition) is 1. The molecule has 1 aliphatic heterocycles. The number of halogens is 2. The maximum Gasteiger partial charge on any atom is 0.125 e. The molecular formula is C12H15ClFNS2. The minimum Gasteiger partial charge on any atom is -0.312 e. The topological polar surface area (TPSA) is 12.0 Å². The van der Waals surface area contributed by atoms with E-state index in [0.29, 0.717) is 16.8 Å². The molecule has 17 heavy (non-hydrogen) atoms. The Balaban J connectivity index is 1.77. The molecule has 0 aliphatic carbocycles. The zero-order chi connectivity index (χ0) is 12.1. The molecule has 0 amide bonds. The van der Waals surface area contributed by atoms with E-state index in [1.807, 2.05) is 23.5 Å². The third-order valence-corrected chi connectivity index (χ3v) is 5.57. The van der Waals surface area contributed by atoms with Gasteiger partial charge in [-0.25, -0.2) is 4.39 Å². The molecule has 1 nitrogen and oxygen atoms in total. The highest BCUT2D eigenvalue weighted by Gasteiger charge is 2.13. The van der Waals surface area contributed by atoms with E-state index in [0.717, 1.165) is 12.1 Å². The molecule has 0 aromatic heterocycles. The third kappa shape index (κ3) is 4.70. The van der Waals surface area contributed by atoms with Crippen LogP contribution in [-0.4, -0.2) is 29.1 Å². The van der Waals surface area contributed by atoms with E-state index in [2.05, 4.69) is 5.32 Å². The Labute approximate surface area is 115 Å². The van der Waals surface area contributed by atoms with Crippen LogP contribution >= 0.6 is 35.1 Å². The number of rotatable bonds is 4. The number of hydrogen-bond acceptors (Lipinski definition) is 3. The average molecular weight is 292 g/mol. The average Bonchev–Trinajstić information content (AvgIpc) is 2.29. The van der Waals surface area contributed by atoms with Gasteiger partial charge in [0.25, 0.3) is 0 Å². The van der Waals surface area contributed by atoms with Crippen LogP contribution in [-0.2, 0) is 6.54 Å². The molecule has 1 N–H and O–H groups in total. The molecule has 0 bridgehead atoms. The molecule has 1 atom stereocenters. The van der Waals surface area contributed by atoms with Crippen LogP contribution in [0.15, 0.2) is 18.2 Å². The molecule has 1 unspecified atom stereocenters. The van der Waals surface area contributed by atoms with Crippen LogP contribution < -0.4 is 5.32 Å². The van der Waals surface area contributed by atoms with Gasteiger partial charge in [-0.1, -0.05) is 11.6 Å². The summed E-state index contributed by atoms with van der Waals surface area (Å²) < 4.78 is 13.1. The Morgan fingerprint density at radius 3 is 2.94 bits per heavy atom. The van der Waals surface area contributed by atoms with Gasteiger partial charge in [-0.05, 0) is 23.8 Å². The minimum absolute atomic E-state index is 0.267. The van der Waals surface area contributed by atoms with Crippen LogP contribution in [0.4, 0.5) is 4.39 Å². The molecular weight excluding hydrogens is 277 g/mol. The quantitative estimate of drug-likeness (QED) is 0.913. The smallest absolute Gasteiger partial charge is 0.125 e. The Hall–Kier alpha value is 0.1000. The summed E-state index contributed by atoms with van der Waals surface area (Å²) in [7, 11) is 0. The van der Waals surface area contributed by atoms with Crippen molar-refractivity contribution in [3.05, 3.63) is 34.6 Å². The second kappa shape index (κ2) is 6.88. The van der Waals surface area contributed by atoms with E-state index in [1.54, 1.807) is 6.07 Å². The fraction of sp³-hybridized carbons (Fsp3) is 0.500. The molecule has 1 saturated heterocycles. The van der Waals surface area contributed by atoms with E-state index in [1.165, 1.54) is 29.4 Å². The van der Waals surface area contributed by atoms with Gasteiger partial charge in [0.2, 0.25) is 0 Å². The van der Waals surface area contributed by atoms with Crippen molar-refractivity contribution in [1.82, 2.24) is 5.32 Å². The van der Waals surface area contributed by atoms with E-state index >= 15 is 0 Å². The van der Waals surface area contributed by atoms with Gasteiger partial charge in [0.1, 0.15) is 5.82 Å². The molecule has 0 saturated carbocycles. The first kappa shape index (κ1) is 13.5. The van der Waals surface area contributed by atoms with Crippen LogP contribution in [0.3, 0.4) is 0 Å². The van der Waals surface area contributed by atoms with E-state index in [9.17, 15) is 4.39 Å². The van der Waals surface area contributed by atoms with Gasteiger partial charge in [-0.15, -0.1) is 0 Å². The van der Waals surface area contributed by atoms with Crippen molar-refractivity contribution in [2.75, 3.05) is 23.8 Å². The van der Waals surface area contributed by atoms with Gasteiger partial charge in [0, 0.05) is 40.6 Å². The summed E-state index contributed by atoms with van der Waals surface area (Å²) in [5.74, 6) is 3.45. The molecule has 2 rings (SSSR count). The van der Waals surface area contributed by atoms with E-state index < -0.39 is 0 Å². The Morgan fingerprint density at radius 2 is 2.24 bits per heavy atom. The fourth-order valence-corrected chi connectivity index (χ4v) is 4.64. The van der Waals surface area contributed by atoms with Crippen LogP contribution in [0.25, 0.3) is 0 Å². The van der Waals surface area contributed by atoms with Gasteiger partial charge in [-0.2, -0.15) is 23.5 Å². The van der Waals surface area contributed by atoms with Crippen LogP contribution in [0.2, 0.25) is 5.02 Å². The van der Waals surface area contributed by atoms with Crippen molar-refractivity contribution in [3.63, 3.8) is 0 Å². The predicted octanol–water partition coefficient (Wildman–Crippen LogP) is 3.42. The molecule has 1 aromatic rings. The standard InChI is InChI=1S/C12H15ClFNS2/c13-10-3-9(4-11(14)5-10)6-15-7-12-8-16-1-2-17-12/h3-5,12,15H,1-2,6-8H2. The normalized spacial score (nSPS) is 20.5. The Morgan fingerprint density at radius 1 is 1.35 bits per heavy atom. The van der Waals surface area contributed by atoms with Crippen LogP contribution in [0.5, 0.6) is 0 Å². The maximum atomic E-state index is 13.1. The Bertz CT molecular complexity index is 349. The van der Waals surface area contributed by atoms with Gasteiger partial charge >= 0.3 is 0 Å². The van der Waals surface area contributed by atoms with Gasteiger partial charge in [0.05, 0.1) is 0 Å². The lowest BCUT2D eigenvalue weighted by Crippen LogP contribution is -2.28. The highest BCUT2D eigenvalue weighted by molar-refractivity contribution is 8.06. The molecule has 0 radical (unpaired) electrons. The van der Waals surface area contributed by atoms with Gasteiger partial charge in [-0.3, -0.25) is 0 Å². The first-order valence-electron chi connectivity index (χ1n) is 5.59. The lowest BCUT2D eigenvalue weighted by molar-refractivity contribution is 0.620. The molecule has 1 fully saturated rings. The highest BCUT2D eigenvalue weighted by Crippen LogP contribution is 2.23. The van der Waals surface area contributed by atoms with Crippen LogP contribution in [0, 0.1) is 5.82 Å². The molecule has 5 heteroatoms. The van der Waals surface area contributed by atoms with Crippen molar-refractivity contribution in [2.24, 2.45) is 0 Å². The zero-order valence-electron chi connectivity index (χ0n) is 9.42. The second-order valence-electron chi connectivity index (χ2n) is 3.98. The summed E-state index contributed by atoms with van der Waals surface area (Å²) in [6.07, 6.45) is 0. The summed E-state index contributed by atoms with van der Waals surface area (Å²) in [5.41, 5.74) is 0.906. The van der Waals surface area contributed by atoms with E-state index in [4.69, 9.17) is 11.6 Å². The number of benzene rings is 1. The van der Waals surface area contributed by atoms with Gasteiger partial charge in [0.15, 0.2) is 0 Å². The second-order valence-corrected chi connectivity index (χ2v) is 6.97. The van der Waals surface area contributed by atoms with Crippen molar-refractivity contribution in [3.8, 4) is 0 Å². The summed E-state index contributed by atoms with van der Waals surface area (Å²) in [6, 6.07) is 4.67. The lowest BCUT2D eigenvalue weighted by Gasteiger charge is -2.21. The fourth-order valence-electron chi connectivity index (χ4n) is 1.74. The van der Waals surface area contributed by atoms with Gasteiger partial charge < -0.3 is 5.32 Å². The summed E-state index contributed by atoms with van der Waals surface area (Å²) in [5, 5.41) is 4.51. The summed E-state index contributed by atoms with van der Waals surface area (Å²) >= 11 is 9.84. The van der Waals surface area contributed by atoms with Crippen molar-refractivity contribution in [1.29, 1.82) is 0 Å². The molecule has 94 valence electrons. The number of nitrogens with one attached hydrogen (secondary N) is 1. The monoisotopic (exact) mass is 291 g/mol. The largest absolute Gasteiger partial charge is 0.312 e. The lowest BCUT2D eigenvalue weighted by atomic mass is 10.2. The van der Waals surface area contributed by atoms with Crippen molar-refractivity contribution in [2.45, 2.75) is 11.8 Å². The molecule has 1 heterocycles. The zero-order valence-corrected chi connectivity index (χ0v) is 11.8. The molecule has 1 aromatic carbocycles. The summed E-state index contributed by atoms with van der Waals surface area (Å²) in [6.45, 7) is 1.66. The predicted molar refractivity (Wildman–Crippen MR) is 76.7 cm³/mol. The van der Waals surface area contributed by atoms with Crippen LogP contribution in [0.1, 0.15) is 5.56 Å². The third-order valence-electron chi connectivity index (χ3n) is 2.51.